The maximum Gasteiger partial charge on any atom is 0.115 e. The molecule has 0 aliphatic carbocycles. The van der Waals surface area contributed by atoms with Gasteiger partial charge in [-0.1, -0.05) is 15.9 Å². The van der Waals surface area contributed by atoms with Gasteiger partial charge in [0.15, 0.2) is 0 Å². The summed E-state index contributed by atoms with van der Waals surface area (Å²) >= 11 is 6.77. The predicted octanol–water partition coefficient (Wildman–Crippen LogP) is 2.89. The molecule has 0 fully saturated rings. The molecule has 0 aliphatic rings. The van der Waals surface area contributed by atoms with Crippen molar-refractivity contribution < 1.29 is 5.11 Å². The highest BCUT2D eigenvalue weighted by Crippen LogP contribution is 2.21. The van der Waals surface area contributed by atoms with Gasteiger partial charge < -0.3 is 5.11 Å². The van der Waals surface area contributed by atoms with Crippen LogP contribution in [0.15, 0.2) is 39.5 Å². The van der Waals surface area contributed by atoms with Crippen molar-refractivity contribution in [1.82, 2.24) is 9.78 Å². The van der Waals surface area contributed by atoms with Crippen LogP contribution in [0, 0.1) is 0 Å². The molecule has 15 heavy (non-hydrogen) atoms. The van der Waals surface area contributed by atoms with Crippen molar-refractivity contribution in [3.8, 4) is 5.69 Å². The van der Waals surface area contributed by atoms with E-state index in [4.69, 9.17) is 5.11 Å². The maximum atomic E-state index is 9.03. The molecule has 0 aliphatic heterocycles. The first-order valence-corrected chi connectivity index (χ1v) is 5.90. The normalized spacial score (nSPS) is 10.6. The average Bonchev–Trinajstić information content (AvgIpc) is 2.61. The van der Waals surface area contributed by atoms with E-state index in [0.29, 0.717) is 0 Å². The van der Waals surface area contributed by atoms with Crippen LogP contribution in [0.4, 0.5) is 0 Å². The molecule has 5 heteroatoms. The van der Waals surface area contributed by atoms with Gasteiger partial charge >= 0.3 is 0 Å². The van der Waals surface area contributed by atoms with E-state index in [9.17, 15) is 0 Å². The van der Waals surface area contributed by atoms with E-state index < -0.39 is 0 Å². The van der Waals surface area contributed by atoms with Gasteiger partial charge in [0.05, 0.1) is 18.5 Å². The van der Waals surface area contributed by atoms with Crippen LogP contribution in [0.1, 0.15) is 5.56 Å². The van der Waals surface area contributed by atoms with Crippen LogP contribution < -0.4 is 0 Å². The lowest BCUT2D eigenvalue weighted by molar-refractivity contribution is 0.281. The molecule has 0 bridgehead atoms. The number of rotatable bonds is 2. The quantitative estimate of drug-likeness (QED) is 0.918. The van der Waals surface area contributed by atoms with Crippen LogP contribution in [0.2, 0.25) is 0 Å². The number of aliphatic hydroxyl groups is 1. The summed E-state index contributed by atoms with van der Waals surface area (Å²) in [6, 6.07) is 7.79. The number of hydrogen-bond acceptors (Lipinski definition) is 2. The van der Waals surface area contributed by atoms with Gasteiger partial charge in [-0.25, -0.2) is 4.68 Å². The summed E-state index contributed by atoms with van der Waals surface area (Å²) in [6.07, 6.45) is 1.64. The van der Waals surface area contributed by atoms with E-state index in [1.807, 2.05) is 24.3 Å². The van der Waals surface area contributed by atoms with Gasteiger partial charge in [-0.2, -0.15) is 5.10 Å². The lowest BCUT2D eigenvalue weighted by atomic mass is 10.3. The minimum absolute atomic E-state index is 0.0168. The summed E-state index contributed by atoms with van der Waals surface area (Å²) in [6.45, 7) is -0.0168. The van der Waals surface area contributed by atoms with E-state index in [1.54, 1.807) is 10.9 Å². The summed E-state index contributed by atoms with van der Waals surface area (Å²) in [4.78, 5) is 0. The van der Waals surface area contributed by atoms with Crippen LogP contribution in [-0.2, 0) is 6.61 Å². The van der Waals surface area contributed by atoms with Gasteiger partial charge in [0, 0.05) is 10.0 Å². The molecule has 0 saturated heterocycles. The number of aliphatic hydroxyl groups excluding tert-OH is 1. The molecule has 2 aromatic rings. The molecular formula is C10H8Br2N2O. The third-order valence-corrected chi connectivity index (χ3v) is 3.40. The monoisotopic (exact) mass is 330 g/mol. The first-order chi connectivity index (χ1) is 7.22. The fourth-order valence-electron chi connectivity index (χ4n) is 1.24. The summed E-state index contributed by atoms with van der Waals surface area (Å²) in [5, 5.41) is 13.2. The fraction of sp³-hybridized carbons (Fsp3) is 0.100. The van der Waals surface area contributed by atoms with Gasteiger partial charge in [-0.05, 0) is 40.2 Å². The molecular weight excluding hydrogens is 324 g/mol. The van der Waals surface area contributed by atoms with Gasteiger partial charge in [-0.15, -0.1) is 0 Å². The first-order valence-electron chi connectivity index (χ1n) is 4.31. The second-order valence-electron chi connectivity index (χ2n) is 3.01. The lowest BCUT2D eigenvalue weighted by Crippen LogP contribution is -1.96. The zero-order valence-electron chi connectivity index (χ0n) is 7.69. The van der Waals surface area contributed by atoms with Crippen molar-refractivity contribution >= 4 is 31.9 Å². The molecule has 1 aromatic carbocycles. The Labute approximate surface area is 104 Å². The molecule has 0 radical (unpaired) electrons. The van der Waals surface area contributed by atoms with Crippen LogP contribution >= 0.6 is 31.9 Å². The Morgan fingerprint density at radius 3 is 2.40 bits per heavy atom. The zero-order chi connectivity index (χ0) is 10.8. The molecule has 0 saturated carbocycles. The summed E-state index contributed by atoms with van der Waals surface area (Å²) < 4.78 is 3.54. The van der Waals surface area contributed by atoms with Crippen molar-refractivity contribution in [2.75, 3.05) is 0 Å². The summed E-state index contributed by atoms with van der Waals surface area (Å²) in [5.74, 6) is 0. The van der Waals surface area contributed by atoms with Crippen molar-refractivity contribution in [2.45, 2.75) is 6.61 Å². The Hall–Kier alpha value is -0.650. The Morgan fingerprint density at radius 2 is 1.87 bits per heavy atom. The molecule has 1 heterocycles. The van der Waals surface area contributed by atoms with Crippen molar-refractivity contribution in [1.29, 1.82) is 0 Å². The maximum absolute atomic E-state index is 9.03. The van der Waals surface area contributed by atoms with Crippen LogP contribution in [0.5, 0.6) is 0 Å². The van der Waals surface area contributed by atoms with E-state index in [2.05, 4.69) is 37.0 Å². The first kappa shape index (κ1) is 10.9. The molecule has 0 spiro atoms. The molecule has 1 aromatic heterocycles. The largest absolute Gasteiger partial charge is 0.392 e. The Bertz CT molecular complexity index is 465. The van der Waals surface area contributed by atoms with Crippen molar-refractivity contribution in [3.05, 3.63) is 45.1 Å². The second-order valence-corrected chi connectivity index (χ2v) is 4.67. The fourth-order valence-corrected chi connectivity index (χ4v) is 2.02. The van der Waals surface area contributed by atoms with Gasteiger partial charge in [0.1, 0.15) is 4.60 Å². The highest BCUT2D eigenvalue weighted by Gasteiger charge is 2.07. The SMILES string of the molecule is OCc1cnn(-c2ccc(Br)cc2)c1Br. The minimum atomic E-state index is -0.0168. The number of nitrogens with zero attached hydrogens (tertiary/aromatic N) is 2. The number of benzene rings is 1. The van der Waals surface area contributed by atoms with Gasteiger partial charge in [0.2, 0.25) is 0 Å². The molecule has 2 rings (SSSR count). The predicted molar refractivity (Wildman–Crippen MR) is 64.9 cm³/mol. The Kier molecular flexibility index (Phi) is 3.23. The van der Waals surface area contributed by atoms with Crippen molar-refractivity contribution in [3.63, 3.8) is 0 Å². The summed E-state index contributed by atoms with van der Waals surface area (Å²) in [7, 11) is 0. The molecule has 1 N–H and O–H groups in total. The highest BCUT2D eigenvalue weighted by molar-refractivity contribution is 9.10. The van der Waals surface area contributed by atoms with Crippen molar-refractivity contribution in [2.24, 2.45) is 0 Å². The molecule has 0 amide bonds. The Balaban J connectivity index is 2.45. The molecule has 78 valence electrons. The molecule has 0 unspecified atom stereocenters. The smallest absolute Gasteiger partial charge is 0.115 e. The molecule has 3 nitrogen and oxygen atoms in total. The van der Waals surface area contributed by atoms with Gasteiger partial charge in [-0.3, -0.25) is 0 Å². The van der Waals surface area contributed by atoms with Crippen LogP contribution in [0.3, 0.4) is 0 Å². The van der Waals surface area contributed by atoms with Crippen LogP contribution in [-0.4, -0.2) is 14.9 Å². The lowest BCUT2D eigenvalue weighted by Gasteiger charge is -2.03. The Morgan fingerprint density at radius 1 is 1.20 bits per heavy atom. The third kappa shape index (κ3) is 2.14. The minimum Gasteiger partial charge on any atom is -0.392 e. The third-order valence-electron chi connectivity index (χ3n) is 2.02. The zero-order valence-corrected chi connectivity index (χ0v) is 10.9. The summed E-state index contributed by atoms with van der Waals surface area (Å²) in [5.41, 5.74) is 1.72. The standard InChI is InChI=1S/C10H8Br2N2O/c11-8-1-3-9(4-2-8)14-10(12)7(6-15)5-13-14/h1-5,15H,6H2. The second kappa shape index (κ2) is 4.47. The number of hydrogen-bond donors (Lipinski definition) is 1. The van der Waals surface area contributed by atoms with E-state index >= 15 is 0 Å². The highest BCUT2D eigenvalue weighted by atomic mass is 79.9. The number of aromatic nitrogens is 2. The number of halogens is 2. The molecule has 0 atom stereocenters. The average molecular weight is 332 g/mol. The van der Waals surface area contributed by atoms with Crippen LogP contribution in [0.25, 0.3) is 5.69 Å². The topological polar surface area (TPSA) is 38.1 Å². The van der Waals surface area contributed by atoms with E-state index in [-0.39, 0.29) is 6.61 Å². The van der Waals surface area contributed by atoms with E-state index in [0.717, 1.165) is 20.3 Å². The van der Waals surface area contributed by atoms with Gasteiger partial charge in [0.25, 0.3) is 0 Å². The van der Waals surface area contributed by atoms with E-state index in [1.165, 1.54) is 0 Å².